The third-order valence-corrected chi connectivity index (χ3v) is 5.04. The largest absolute Gasteiger partial charge is 0.336 e. The van der Waals surface area contributed by atoms with Crippen LogP contribution < -0.4 is 5.32 Å². The molecule has 1 aromatic carbocycles. The molecule has 0 saturated carbocycles. The molecule has 6 heteroatoms. The molecule has 0 aliphatic carbocycles. The minimum atomic E-state index is -0.0878. The molecule has 2 heterocycles. The summed E-state index contributed by atoms with van der Waals surface area (Å²) in [6.07, 6.45) is 2.37. The van der Waals surface area contributed by atoms with Gasteiger partial charge >= 0.3 is 6.03 Å². The number of hydrogen-bond donors (Lipinski definition) is 1. The summed E-state index contributed by atoms with van der Waals surface area (Å²) in [5.74, 6) is -0.0331. The van der Waals surface area contributed by atoms with Crippen molar-refractivity contribution in [2.75, 3.05) is 13.1 Å². The molecule has 1 unspecified atom stereocenters. The summed E-state index contributed by atoms with van der Waals surface area (Å²) >= 11 is 0. The van der Waals surface area contributed by atoms with E-state index in [1.165, 1.54) is 0 Å². The second-order valence-corrected chi connectivity index (χ2v) is 7.58. The number of pyridine rings is 1. The van der Waals surface area contributed by atoms with E-state index in [0.29, 0.717) is 25.2 Å². The Hall–Kier alpha value is -2.89. The molecule has 1 aliphatic heterocycles. The Labute approximate surface area is 166 Å². The molecule has 3 rings (SSSR count). The van der Waals surface area contributed by atoms with Crippen LogP contribution in [0.3, 0.4) is 0 Å². The first-order valence-corrected chi connectivity index (χ1v) is 9.77. The van der Waals surface area contributed by atoms with Crippen LogP contribution in [-0.4, -0.2) is 51.9 Å². The number of carbonyl (C=O) groups is 2. The lowest BCUT2D eigenvalue weighted by molar-refractivity contribution is 0.0788. The van der Waals surface area contributed by atoms with Crippen molar-refractivity contribution in [2.24, 2.45) is 0 Å². The summed E-state index contributed by atoms with van der Waals surface area (Å²) < 4.78 is 0. The Bertz CT molecular complexity index is 805. The number of aromatic nitrogens is 1. The molecular weight excluding hydrogens is 352 g/mol. The minimum absolute atomic E-state index is 0.0331. The number of rotatable bonds is 5. The maximum absolute atomic E-state index is 12.8. The van der Waals surface area contributed by atoms with E-state index in [4.69, 9.17) is 0 Å². The monoisotopic (exact) mass is 380 g/mol. The van der Waals surface area contributed by atoms with Gasteiger partial charge in [0, 0.05) is 43.6 Å². The molecule has 1 aliphatic rings. The number of benzene rings is 1. The van der Waals surface area contributed by atoms with E-state index in [9.17, 15) is 9.59 Å². The first kappa shape index (κ1) is 19.9. The number of nitrogens with one attached hydrogen (secondary N) is 1. The summed E-state index contributed by atoms with van der Waals surface area (Å²) in [7, 11) is 0. The molecule has 3 amide bonds. The average molecular weight is 380 g/mol. The Morgan fingerprint density at radius 2 is 1.96 bits per heavy atom. The predicted molar refractivity (Wildman–Crippen MR) is 109 cm³/mol. The number of aryl methyl sites for hydroxylation is 1. The summed E-state index contributed by atoms with van der Waals surface area (Å²) in [5, 5.41) is 3.10. The maximum atomic E-state index is 12.8. The fourth-order valence-corrected chi connectivity index (χ4v) is 3.37. The van der Waals surface area contributed by atoms with Crippen LogP contribution in [0.2, 0.25) is 0 Å². The predicted octanol–water partition coefficient (Wildman–Crippen LogP) is 3.22. The van der Waals surface area contributed by atoms with Crippen molar-refractivity contribution in [2.45, 2.75) is 45.8 Å². The van der Waals surface area contributed by atoms with Gasteiger partial charge in [-0.2, -0.15) is 0 Å². The molecule has 1 N–H and O–H groups in total. The number of hydrogen-bond acceptors (Lipinski definition) is 3. The van der Waals surface area contributed by atoms with Gasteiger partial charge in [0.15, 0.2) is 0 Å². The zero-order valence-electron chi connectivity index (χ0n) is 16.8. The van der Waals surface area contributed by atoms with E-state index < -0.39 is 0 Å². The van der Waals surface area contributed by atoms with Crippen molar-refractivity contribution in [3.63, 3.8) is 0 Å². The van der Waals surface area contributed by atoms with Gasteiger partial charge in [-0.1, -0.05) is 30.3 Å². The van der Waals surface area contributed by atoms with Gasteiger partial charge in [-0.25, -0.2) is 4.79 Å². The van der Waals surface area contributed by atoms with Gasteiger partial charge in [0.25, 0.3) is 5.91 Å². The molecule has 0 bridgehead atoms. The van der Waals surface area contributed by atoms with Crippen molar-refractivity contribution >= 4 is 11.9 Å². The van der Waals surface area contributed by atoms with Crippen LogP contribution in [0, 0.1) is 6.92 Å². The van der Waals surface area contributed by atoms with E-state index in [1.54, 1.807) is 17.2 Å². The van der Waals surface area contributed by atoms with Crippen LogP contribution in [0.25, 0.3) is 0 Å². The lowest BCUT2D eigenvalue weighted by Crippen LogP contribution is -2.48. The SMILES string of the molecule is Cc1ccc(C(=O)N2CCC(NC(=O)N(Cc3ccccc3)C(C)C)C2)cn1. The lowest BCUT2D eigenvalue weighted by atomic mass is 10.2. The van der Waals surface area contributed by atoms with Gasteiger partial charge < -0.3 is 15.1 Å². The van der Waals surface area contributed by atoms with Crippen molar-refractivity contribution < 1.29 is 9.59 Å². The van der Waals surface area contributed by atoms with Crippen molar-refractivity contribution in [3.8, 4) is 0 Å². The van der Waals surface area contributed by atoms with Crippen LogP contribution in [0.15, 0.2) is 48.7 Å². The molecule has 1 atom stereocenters. The molecule has 1 aromatic heterocycles. The van der Waals surface area contributed by atoms with Crippen LogP contribution >= 0.6 is 0 Å². The zero-order valence-corrected chi connectivity index (χ0v) is 16.8. The first-order valence-electron chi connectivity index (χ1n) is 9.77. The number of nitrogens with zero attached hydrogens (tertiary/aromatic N) is 3. The number of urea groups is 1. The third kappa shape index (κ3) is 4.88. The van der Waals surface area contributed by atoms with E-state index in [0.717, 1.165) is 17.7 Å². The van der Waals surface area contributed by atoms with Gasteiger partial charge in [-0.05, 0) is 44.9 Å². The maximum Gasteiger partial charge on any atom is 0.318 e. The second-order valence-electron chi connectivity index (χ2n) is 7.58. The first-order chi connectivity index (χ1) is 13.4. The molecule has 28 heavy (non-hydrogen) atoms. The summed E-state index contributed by atoms with van der Waals surface area (Å²) in [5.41, 5.74) is 2.57. The molecule has 0 spiro atoms. The fourth-order valence-electron chi connectivity index (χ4n) is 3.37. The van der Waals surface area contributed by atoms with E-state index in [1.807, 2.05) is 62.1 Å². The standard InChI is InChI=1S/C22H28N4O2/c1-16(2)26(14-18-7-5-4-6-8-18)22(28)24-20-11-12-25(15-20)21(27)19-10-9-17(3)23-13-19/h4-10,13,16,20H,11-12,14-15H2,1-3H3,(H,24,28). The molecule has 1 fully saturated rings. The number of carbonyl (C=O) groups excluding carboxylic acids is 2. The van der Waals surface area contributed by atoms with Crippen LogP contribution in [0.1, 0.15) is 41.9 Å². The Morgan fingerprint density at radius 1 is 1.21 bits per heavy atom. The smallest absolute Gasteiger partial charge is 0.318 e. The quantitative estimate of drug-likeness (QED) is 0.866. The van der Waals surface area contributed by atoms with Gasteiger partial charge in [0.05, 0.1) is 5.56 Å². The van der Waals surface area contributed by atoms with E-state index in [2.05, 4.69) is 10.3 Å². The Balaban J connectivity index is 1.58. The molecule has 1 saturated heterocycles. The van der Waals surface area contributed by atoms with E-state index in [-0.39, 0.29) is 24.0 Å². The highest BCUT2D eigenvalue weighted by molar-refractivity contribution is 5.94. The summed E-state index contributed by atoms with van der Waals surface area (Å²) in [4.78, 5) is 33.3. The third-order valence-electron chi connectivity index (χ3n) is 5.04. The molecule has 0 radical (unpaired) electrons. The highest BCUT2D eigenvalue weighted by atomic mass is 16.2. The van der Waals surface area contributed by atoms with Crippen molar-refractivity contribution in [1.82, 2.24) is 20.1 Å². The van der Waals surface area contributed by atoms with Crippen LogP contribution in [-0.2, 0) is 6.54 Å². The highest BCUT2D eigenvalue weighted by Gasteiger charge is 2.29. The zero-order chi connectivity index (χ0) is 20.1. The van der Waals surface area contributed by atoms with Gasteiger partial charge in [-0.3, -0.25) is 9.78 Å². The normalized spacial score (nSPS) is 16.3. The minimum Gasteiger partial charge on any atom is -0.336 e. The summed E-state index contributed by atoms with van der Waals surface area (Å²) in [6.45, 7) is 7.64. The van der Waals surface area contributed by atoms with Gasteiger partial charge in [0.1, 0.15) is 0 Å². The van der Waals surface area contributed by atoms with E-state index >= 15 is 0 Å². The molecular formula is C22H28N4O2. The Kier molecular flexibility index (Phi) is 6.29. The number of amides is 3. The lowest BCUT2D eigenvalue weighted by Gasteiger charge is -2.28. The summed E-state index contributed by atoms with van der Waals surface area (Å²) in [6, 6.07) is 13.6. The highest BCUT2D eigenvalue weighted by Crippen LogP contribution is 2.15. The molecule has 6 nitrogen and oxygen atoms in total. The van der Waals surface area contributed by atoms with Crippen molar-refractivity contribution in [3.05, 3.63) is 65.5 Å². The molecule has 2 aromatic rings. The fraction of sp³-hybridized carbons (Fsp3) is 0.409. The Morgan fingerprint density at radius 3 is 2.61 bits per heavy atom. The van der Waals surface area contributed by atoms with Gasteiger partial charge in [0.2, 0.25) is 0 Å². The molecule has 148 valence electrons. The average Bonchev–Trinajstić information content (AvgIpc) is 3.15. The topological polar surface area (TPSA) is 65.5 Å². The van der Waals surface area contributed by atoms with Crippen molar-refractivity contribution in [1.29, 1.82) is 0 Å². The van der Waals surface area contributed by atoms with Gasteiger partial charge in [-0.15, -0.1) is 0 Å². The van der Waals surface area contributed by atoms with Crippen LogP contribution in [0.5, 0.6) is 0 Å². The second kappa shape index (κ2) is 8.87. The number of likely N-dealkylation sites (tertiary alicyclic amines) is 1. The van der Waals surface area contributed by atoms with Crippen LogP contribution in [0.4, 0.5) is 4.79 Å².